The summed E-state index contributed by atoms with van der Waals surface area (Å²) < 4.78 is 5.41. The van der Waals surface area contributed by atoms with Crippen molar-refractivity contribution in [1.29, 1.82) is 0 Å². The van der Waals surface area contributed by atoms with Gasteiger partial charge in [-0.25, -0.2) is 4.79 Å². The van der Waals surface area contributed by atoms with Crippen molar-refractivity contribution >= 4 is 29.2 Å². The number of carbonyl (C=O) groups excluding carboxylic acids is 1. The average Bonchev–Trinajstić information content (AvgIpc) is 2.53. The Labute approximate surface area is 145 Å². The highest BCUT2D eigenvalue weighted by atomic mass is 35.5. The number of anilines is 1. The van der Waals surface area contributed by atoms with E-state index in [1.807, 2.05) is 12.1 Å². The van der Waals surface area contributed by atoms with Crippen molar-refractivity contribution in [3.8, 4) is 5.75 Å². The van der Waals surface area contributed by atoms with Crippen molar-refractivity contribution in [1.82, 2.24) is 0 Å². The van der Waals surface area contributed by atoms with Gasteiger partial charge in [-0.3, -0.25) is 4.79 Å². The van der Waals surface area contributed by atoms with E-state index in [4.69, 9.17) is 21.4 Å². The molecule has 0 saturated heterocycles. The molecule has 1 amide bonds. The van der Waals surface area contributed by atoms with Gasteiger partial charge in [0.1, 0.15) is 5.75 Å². The van der Waals surface area contributed by atoms with Crippen LogP contribution in [0.4, 0.5) is 5.69 Å². The number of ether oxygens (including phenoxy) is 1. The van der Waals surface area contributed by atoms with Gasteiger partial charge < -0.3 is 15.2 Å². The van der Waals surface area contributed by atoms with Gasteiger partial charge in [-0.2, -0.15) is 0 Å². The Hall–Kier alpha value is -2.53. The monoisotopic (exact) mass is 347 g/mol. The van der Waals surface area contributed by atoms with Crippen LogP contribution in [0, 0.1) is 0 Å². The van der Waals surface area contributed by atoms with E-state index in [2.05, 4.69) is 19.2 Å². The lowest BCUT2D eigenvalue weighted by Crippen LogP contribution is -2.21. The number of halogens is 1. The molecule has 0 aromatic heterocycles. The Morgan fingerprint density at radius 2 is 1.83 bits per heavy atom. The number of hydrogen-bond donors (Lipinski definition) is 2. The van der Waals surface area contributed by atoms with E-state index in [-0.39, 0.29) is 17.9 Å². The molecular weight excluding hydrogens is 330 g/mol. The minimum atomic E-state index is -1.15. The van der Waals surface area contributed by atoms with Gasteiger partial charge in [0.2, 0.25) is 0 Å². The normalized spacial score (nSPS) is 10.5. The summed E-state index contributed by atoms with van der Waals surface area (Å²) in [6, 6.07) is 11.7. The first-order chi connectivity index (χ1) is 11.4. The smallest absolute Gasteiger partial charge is 0.337 e. The SMILES string of the molecule is CC(C)c1ccc(OCC(=O)Nc2cc(Cl)ccc2C(=O)O)cc1. The molecule has 24 heavy (non-hydrogen) atoms. The van der Waals surface area contributed by atoms with Crippen LogP contribution in [0.1, 0.15) is 35.7 Å². The van der Waals surface area contributed by atoms with Crippen LogP contribution in [0.5, 0.6) is 5.75 Å². The molecule has 0 aliphatic carbocycles. The predicted molar refractivity (Wildman–Crippen MR) is 93.1 cm³/mol. The van der Waals surface area contributed by atoms with E-state index < -0.39 is 11.9 Å². The number of carbonyl (C=O) groups is 2. The Balaban J connectivity index is 1.99. The minimum absolute atomic E-state index is 0.0333. The molecule has 5 nitrogen and oxygen atoms in total. The first-order valence-electron chi connectivity index (χ1n) is 7.42. The molecule has 0 radical (unpaired) electrons. The van der Waals surface area contributed by atoms with E-state index in [1.54, 1.807) is 12.1 Å². The molecule has 0 saturated carbocycles. The Morgan fingerprint density at radius 1 is 1.17 bits per heavy atom. The summed E-state index contributed by atoms with van der Waals surface area (Å²) in [7, 11) is 0. The van der Waals surface area contributed by atoms with Crippen LogP contribution in [0.15, 0.2) is 42.5 Å². The molecule has 0 fully saturated rings. The van der Waals surface area contributed by atoms with Crippen LogP contribution >= 0.6 is 11.6 Å². The molecule has 2 N–H and O–H groups in total. The number of carboxylic acids is 1. The van der Waals surface area contributed by atoms with Gasteiger partial charge in [0.25, 0.3) is 5.91 Å². The van der Waals surface area contributed by atoms with Crippen LogP contribution in [-0.4, -0.2) is 23.6 Å². The van der Waals surface area contributed by atoms with Crippen LogP contribution in [0.2, 0.25) is 5.02 Å². The summed E-state index contributed by atoms with van der Waals surface area (Å²) in [5.41, 5.74) is 1.28. The van der Waals surface area contributed by atoms with Crippen molar-refractivity contribution < 1.29 is 19.4 Å². The van der Waals surface area contributed by atoms with Gasteiger partial charge in [0, 0.05) is 5.02 Å². The molecule has 2 rings (SSSR count). The molecule has 6 heteroatoms. The summed E-state index contributed by atoms with van der Waals surface area (Å²) in [5, 5.41) is 12.0. The number of rotatable bonds is 6. The maximum atomic E-state index is 12.0. The van der Waals surface area contributed by atoms with E-state index >= 15 is 0 Å². The summed E-state index contributed by atoms with van der Waals surface area (Å²) in [4.78, 5) is 23.1. The molecule has 0 bridgehead atoms. The van der Waals surface area contributed by atoms with Crippen LogP contribution < -0.4 is 10.1 Å². The molecule has 0 atom stereocenters. The number of aromatic carboxylic acids is 1. The average molecular weight is 348 g/mol. The maximum Gasteiger partial charge on any atom is 0.337 e. The quantitative estimate of drug-likeness (QED) is 0.822. The molecule has 0 spiro atoms. The van der Waals surface area contributed by atoms with Gasteiger partial charge in [-0.15, -0.1) is 0 Å². The highest BCUT2D eigenvalue weighted by Crippen LogP contribution is 2.22. The minimum Gasteiger partial charge on any atom is -0.484 e. The summed E-state index contributed by atoms with van der Waals surface area (Å²) in [6.45, 7) is 3.95. The number of benzene rings is 2. The largest absolute Gasteiger partial charge is 0.484 e. The van der Waals surface area contributed by atoms with Crippen LogP contribution in [-0.2, 0) is 4.79 Å². The third-order valence-corrected chi connectivity index (χ3v) is 3.64. The fourth-order valence-corrected chi connectivity index (χ4v) is 2.26. The van der Waals surface area contributed by atoms with E-state index in [0.717, 1.165) is 0 Å². The topological polar surface area (TPSA) is 75.6 Å². The molecule has 2 aromatic carbocycles. The Kier molecular flexibility index (Phi) is 5.82. The van der Waals surface area contributed by atoms with Crippen molar-refractivity contribution in [2.75, 3.05) is 11.9 Å². The van der Waals surface area contributed by atoms with Crippen LogP contribution in [0.3, 0.4) is 0 Å². The van der Waals surface area contributed by atoms with Gasteiger partial charge in [0.15, 0.2) is 6.61 Å². The number of hydrogen-bond acceptors (Lipinski definition) is 3. The molecule has 126 valence electrons. The Bertz CT molecular complexity index is 741. The standard InChI is InChI=1S/C18H18ClNO4/c1-11(2)12-3-6-14(7-4-12)24-10-17(21)20-16-9-13(19)5-8-15(16)18(22)23/h3-9,11H,10H2,1-2H3,(H,20,21)(H,22,23). The molecule has 0 unspecified atom stereocenters. The number of amides is 1. The van der Waals surface area contributed by atoms with Crippen molar-refractivity contribution in [2.45, 2.75) is 19.8 Å². The second kappa shape index (κ2) is 7.84. The zero-order chi connectivity index (χ0) is 17.7. The summed E-state index contributed by atoms with van der Waals surface area (Å²) in [6.07, 6.45) is 0. The van der Waals surface area contributed by atoms with E-state index in [0.29, 0.717) is 16.7 Å². The van der Waals surface area contributed by atoms with E-state index in [9.17, 15) is 9.59 Å². The maximum absolute atomic E-state index is 12.0. The summed E-state index contributed by atoms with van der Waals surface area (Å²) in [5.74, 6) is -0.626. The van der Waals surface area contributed by atoms with Gasteiger partial charge in [-0.1, -0.05) is 37.6 Å². The fourth-order valence-electron chi connectivity index (χ4n) is 2.09. The predicted octanol–water partition coefficient (Wildman–Crippen LogP) is 4.18. The highest BCUT2D eigenvalue weighted by Gasteiger charge is 2.13. The lowest BCUT2D eigenvalue weighted by Gasteiger charge is -2.11. The molecule has 0 aliphatic heterocycles. The van der Waals surface area contributed by atoms with Crippen molar-refractivity contribution in [2.24, 2.45) is 0 Å². The highest BCUT2D eigenvalue weighted by molar-refractivity contribution is 6.31. The summed E-state index contributed by atoms with van der Waals surface area (Å²) >= 11 is 5.84. The first-order valence-corrected chi connectivity index (χ1v) is 7.80. The fraction of sp³-hybridized carbons (Fsp3) is 0.222. The third-order valence-electron chi connectivity index (χ3n) is 3.40. The van der Waals surface area contributed by atoms with Crippen molar-refractivity contribution in [3.63, 3.8) is 0 Å². The zero-order valence-electron chi connectivity index (χ0n) is 13.4. The number of nitrogens with one attached hydrogen (secondary N) is 1. The molecular formula is C18H18ClNO4. The van der Waals surface area contributed by atoms with E-state index in [1.165, 1.54) is 23.8 Å². The molecule has 2 aromatic rings. The lowest BCUT2D eigenvalue weighted by atomic mass is 10.0. The van der Waals surface area contributed by atoms with Gasteiger partial charge in [0.05, 0.1) is 11.3 Å². The van der Waals surface area contributed by atoms with Gasteiger partial charge in [-0.05, 0) is 41.8 Å². The lowest BCUT2D eigenvalue weighted by molar-refractivity contribution is -0.118. The Morgan fingerprint density at radius 3 is 2.42 bits per heavy atom. The van der Waals surface area contributed by atoms with Crippen molar-refractivity contribution in [3.05, 3.63) is 58.6 Å². The van der Waals surface area contributed by atoms with Crippen LogP contribution in [0.25, 0.3) is 0 Å². The number of carboxylic acid groups (broad SMARTS) is 1. The molecule has 0 aliphatic rings. The second-order valence-corrected chi connectivity index (χ2v) is 5.99. The first kappa shape index (κ1) is 17.8. The zero-order valence-corrected chi connectivity index (χ0v) is 14.1. The van der Waals surface area contributed by atoms with Gasteiger partial charge >= 0.3 is 5.97 Å². The molecule has 0 heterocycles. The third kappa shape index (κ3) is 4.73. The second-order valence-electron chi connectivity index (χ2n) is 5.56.